The number of nitrogens with zero attached hydrogens (tertiary/aromatic N) is 3. The minimum absolute atomic E-state index is 0.166. The monoisotopic (exact) mass is 395 g/mol. The number of amidine groups is 1. The molecule has 0 unspecified atom stereocenters. The first-order chi connectivity index (χ1) is 13.7. The second-order valence-electron chi connectivity index (χ2n) is 7.57. The number of benzene rings is 2. The Labute approximate surface area is 169 Å². The van der Waals surface area contributed by atoms with Crippen LogP contribution < -0.4 is 0 Å². The number of carbonyl (C=O) groups excluding carboxylic acids is 1. The van der Waals surface area contributed by atoms with Crippen molar-refractivity contribution < 1.29 is 9.53 Å². The summed E-state index contributed by atoms with van der Waals surface area (Å²) in [6.45, 7) is 5.19. The fraction of sp³-hybridized carbons (Fsp3) is 0.364. The number of halogens is 1. The average molecular weight is 396 g/mol. The number of rotatable bonds is 2. The Kier molecular flexibility index (Phi) is 4.57. The van der Waals surface area contributed by atoms with E-state index in [0.717, 1.165) is 43.3 Å². The van der Waals surface area contributed by atoms with Crippen LogP contribution in [0.4, 0.5) is 0 Å². The predicted octanol–water partition coefficient (Wildman–Crippen LogP) is 3.02. The van der Waals surface area contributed by atoms with Gasteiger partial charge in [0, 0.05) is 36.8 Å². The van der Waals surface area contributed by atoms with Gasteiger partial charge >= 0.3 is 0 Å². The van der Waals surface area contributed by atoms with Gasteiger partial charge in [-0.25, -0.2) is 0 Å². The summed E-state index contributed by atoms with van der Waals surface area (Å²) in [6, 6.07) is 12.2. The van der Waals surface area contributed by atoms with Crippen LogP contribution in [-0.2, 0) is 35.6 Å². The molecule has 1 saturated heterocycles. The lowest BCUT2D eigenvalue weighted by Crippen LogP contribution is -2.41. The second kappa shape index (κ2) is 7.22. The summed E-state index contributed by atoms with van der Waals surface area (Å²) < 4.78 is 5.48. The zero-order chi connectivity index (χ0) is 19.1. The standard InChI is InChI=1S/C22H22ClN3O2/c23-19-3-1-2-15(8-19)13-26-14-18-10-20-17(9-16(18)11-21(26)27)12-24-22(20)25-4-6-28-7-5-25/h1-3,8-10H,4-7,11-14H2. The van der Waals surface area contributed by atoms with Crippen LogP contribution in [0.1, 0.15) is 27.8 Å². The molecule has 2 aromatic carbocycles. The number of ether oxygens (including phenoxy) is 1. The van der Waals surface area contributed by atoms with Crippen LogP contribution in [0.5, 0.6) is 0 Å². The minimum atomic E-state index is 0.166. The van der Waals surface area contributed by atoms with Crippen LogP contribution in [0, 0.1) is 0 Å². The summed E-state index contributed by atoms with van der Waals surface area (Å²) in [4.78, 5) is 21.7. The van der Waals surface area contributed by atoms with E-state index in [4.69, 9.17) is 21.3 Å². The number of hydrogen-bond acceptors (Lipinski definition) is 4. The molecule has 0 atom stereocenters. The van der Waals surface area contributed by atoms with Crippen LogP contribution in [0.3, 0.4) is 0 Å². The van der Waals surface area contributed by atoms with Crippen LogP contribution in [-0.4, -0.2) is 47.8 Å². The largest absolute Gasteiger partial charge is 0.378 e. The third-order valence-electron chi connectivity index (χ3n) is 5.69. The average Bonchev–Trinajstić information content (AvgIpc) is 3.10. The van der Waals surface area contributed by atoms with Crippen LogP contribution in [0.25, 0.3) is 0 Å². The highest BCUT2D eigenvalue weighted by Gasteiger charge is 2.29. The van der Waals surface area contributed by atoms with E-state index < -0.39 is 0 Å². The lowest BCUT2D eigenvalue weighted by Gasteiger charge is -2.31. The van der Waals surface area contributed by atoms with Crippen molar-refractivity contribution in [3.05, 3.63) is 69.2 Å². The summed E-state index contributed by atoms with van der Waals surface area (Å²) >= 11 is 6.10. The van der Waals surface area contributed by atoms with Gasteiger partial charge in [0.05, 0.1) is 26.2 Å². The maximum Gasteiger partial charge on any atom is 0.227 e. The van der Waals surface area contributed by atoms with Gasteiger partial charge in [-0.3, -0.25) is 9.79 Å². The van der Waals surface area contributed by atoms with Gasteiger partial charge in [0.15, 0.2) is 0 Å². The lowest BCUT2D eigenvalue weighted by molar-refractivity contribution is -0.132. The molecule has 6 heteroatoms. The molecule has 0 N–H and O–H groups in total. The van der Waals surface area contributed by atoms with E-state index in [9.17, 15) is 4.79 Å². The maximum absolute atomic E-state index is 12.7. The minimum Gasteiger partial charge on any atom is -0.378 e. The first-order valence-corrected chi connectivity index (χ1v) is 10.1. The molecule has 5 rings (SSSR count). The third-order valence-corrected chi connectivity index (χ3v) is 5.93. The smallest absolute Gasteiger partial charge is 0.227 e. The van der Waals surface area contributed by atoms with Gasteiger partial charge in [-0.05, 0) is 40.5 Å². The van der Waals surface area contributed by atoms with E-state index in [0.29, 0.717) is 31.1 Å². The van der Waals surface area contributed by atoms with E-state index in [2.05, 4.69) is 17.0 Å². The molecule has 3 heterocycles. The molecule has 0 bridgehead atoms. The molecule has 0 aromatic heterocycles. The fourth-order valence-corrected chi connectivity index (χ4v) is 4.46. The van der Waals surface area contributed by atoms with Gasteiger partial charge in [0.1, 0.15) is 5.84 Å². The Hall–Kier alpha value is -2.37. The third kappa shape index (κ3) is 3.29. The number of carbonyl (C=O) groups is 1. The molecule has 2 aromatic rings. The highest BCUT2D eigenvalue weighted by Crippen LogP contribution is 2.30. The molecule has 5 nitrogen and oxygen atoms in total. The topological polar surface area (TPSA) is 45.1 Å². The zero-order valence-corrected chi connectivity index (χ0v) is 16.4. The molecular weight excluding hydrogens is 374 g/mol. The van der Waals surface area contributed by atoms with Gasteiger partial charge < -0.3 is 14.5 Å². The maximum atomic E-state index is 12.7. The lowest BCUT2D eigenvalue weighted by atomic mass is 9.93. The number of hydrogen-bond donors (Lipinski definition) is 0. The van der Waals surface area contributed by atoms with E-state index in [1.165, 1.54) is 16.7 Å². The summed E-state index contributed by atoms with van der Waals surface area (Å²) in [5.41, 5.74) is 5.88. The number of fused-ring (bicyclic) bond motifs is 2. The zero-order valence-electron chi connectivity index (χ0n) is 15.7. The molecule has 28 heavy (non-hydrogen) atoms. The molecule has 1 fully saturated rings. The van der Waals surface area contributed by atoms with Crippen molar-refractivity contribution in [2.45, 2.75) is 26.1 Å². The molecule has 3 aliphatic rings. The van der Waals surface area contributed by atoms with Crippen molar-refractivity contribution in [1.29, 1.82) is 0 Å². The first-order valence-electron chi connectivity index (χ1n) is 9.72. The van der Waals surface area contributed by atoms with Gasteiger partial charge in [-0.15, -0.1) is 0 Å². The van der Waals surface area contributed by atoms with E-state index in [1.807, 2.05) is 29.2 Å². The molecule has 0 radical (unpaired) electrons. The van der Waals surface area contributed by atoms with Crippen molar-refractivity contribution in [3.8, 4) is 0 Å². The molecule has 0 aliphatic carbocycles. The van der Waals surface area contributed by atoms with Crippen molar-refractivity contribution >= 4 is 23.3 Å². The quantitative estimate of drug-likeness (QED) is 0.785. The van der Waals surface area contributed by atoms with Gasteiger partial charge in [-0.2, -0.15) is 0 Å². The number of morpholine rings is 1. The molecule has 0 spiro atoms. The van der Waals surface area contributed by atoms with Gasteiger partial charge in [0.25, 0.3) is 0 Å². The summed E-state index contributed by atoms with van der Waals surface area (Å²) in [5, 5.41) is 0.701. The molecule has 144 valence electrons. The van der Waals surface area contributed by atoms with Crippen molar-refractivity contribution in [3.63, 3.8) is 0 Å². The van der Waals surface area contributed by atoms with Crippen molar-refractivity contribution in [1.82, 2.24) is 9.80 Å². The van der Waals surface area contributed by atoms with E-state index in [-0.39, 0.29) is 5.91 Å². The SMILES string of the molecule is O=C1Cc2cc3c(cc2CN1Cc1cccc(Cl)c1)C(N1CCOCC1)=NC3. The predicted molar refractivity (Wildman–Crippen MR) is 108 cm³/mol. The Morgan fingerprint density at radius 3 is 2.75 bits per heavy atom. The van der Waals surface area contributed by atoms with E-state index >= 15 is 0 Å². The summed E-state index contributed by atoms with van der Waals surface area (Å²) in [5.74, 6) is 1.25. The molecular formula is C22H22ClN3O2. The van der Waals surface area contributed by atoms with Crippen LogP contribution in [0.15, 0.2) is 41.4 Å². The van der Waals surface area contributed by atoms with E-state index in [1.54, 1.807) is 0 Å². The summed E-state index contributed by atoms with van der Waals surface area (Å²) in [7, 11) is 0. The number of amides is 1. The Balaban J connectivity index is 1.40. The number of aliphatic imine (C=N–C) groups is 1. The van der Waals surface area contributed by atoms with Crippen LogP contribution >= 0.6 is 11.6 Å². The van der Waals surface area contributed by atoms with Crippen LogP contribution in [0.2, 0.25) is 5.02 Å². The Morgan fingerprint density at radius 2 is 1.93 bits per heavy atom. The van der Waals surface area contributed by atoms with Crippen molar-refractivity contribution in [2.75, 3.05) is 26.3 Å². The summed E-state index contributed by atoms with van der Waals surface area (Å²) in [6.07, 6.45) is 0.454. The first kappa shape index (κ1) is 17.7. The normalized spacial score (nSPS) is 18.8. The second-order valence-corrected chi connectivity index (χ2v) is 8.01. The molecule has 1 amide bonds. The Morgan fingerprint density at radius 1 is 1.07 bits per heavy atom. The Bertz CT molecular complexity index is 966. The fourth-order valence-electron chi connectivity index (χ4n) is 4.25. The highest BCUT2D eigenvalue weighted by atomic mass is 35.5. The molecule has 3 aliphatic heterocycles. The molecule has 0 saturated carbocycles. The highest BCUT2D eigenvalue weighted by molar-refractivity contribution is 6.30. The van der Waals surface area contributed by atoms with Gasteiger partial charge in [-0.1, -0.05) is 29.8 Å². The van der Waals surface area contributed by atoms with Gasteiger partial charge in [0.2, 0.25) is 5.91 Å². The van der Waals surface area contributed by atoms with Crippen molar-refractivity contribution in [2.24, 2.45) is 4.99 Å².